The first-order valence-corrected chi connectivity index (χ1v) is 8.01. The molecule has 1 fully saturated rings. The van der Waals surface area contributed by atoms with Gasteiger partial charge in [0.1, 0.15) is 0 Å². The number of hydrogen-bond acceptors (Lipinski definition) is 6. The second kappa shape index (κ2) is 5.94. The molecule has 1 spiro atoms. The van der Waals surface area contributed by atoms with Crippen LogP contribution < -0.4 is 5.32 Å². The van der Waals surface area contributed by atoms with Gasteiger partial charge in [-0.05, 0) is 18.3 Å². The van der Waals surface area contributed by atoms with E-state index >= 15 is 0 Å². The highest BCUT2D eigenvalue weighted by Gasteiger charge is 2.34. The van der Waals surface area contributed by atoms with Gasteiger partial charge in [0.25, 0.3) is 0 Å². The third-order valence-electron chi connectivity index (χ3n) is 4.02. The Morgan fingerprint density at radius 2 is 2.21 bits per heavy atom. The standard InChI is InChI=1S/C13H20N4OS/c1-2-5-13(6-3-1)8-15-12(19-9-13)14-7-4-11-16-10-18-17-11/h10H,1-9H2,(H,14,15). The minimum absolute atomic E-state index is 0.502. The van der Waals surface area contributed by atoms with Crippen molar-refractivity contribution < 1.29 is 4.52 Å². The van der Waals surface area contributed by atoms with Crippen LogP contribution in [0.15, 0.2) is 15.9 Å². The van der Waals surface area contributed by atoms with Gasteiger partial charge in [0.2, 0.25) is 6.39 Å². The minimum atomic E-state index is 0.502. The Kier molecular flexibility index (Phi) is 4.06. The fourth-order valence-electron chi connectivity index (χ4n) is 2.85. The van der Waals surface area contributed by atoms with Gasteiger partial charge in [0, 0.05) is 25.3 Å². The number of rotatable bonds is 3. The number of hydrogen-bond donors (Lipinski definition) is 1. The molecule has 0 unspecified atom stereocenters. The number of nitrogens with zero attached hydrogens (tertiary/aromatic N) is 3. The van der Waals surface area contributed by atoms with Crippen LogP contribution in [0.4, 0.5) is 0 Å². The summed E-state index contributed by atoms with van der Waals surface area (Å²) in [5.41, 5.74) is 0.502. The zero-order valence-electron chi connectivity index (χ0n) is 11.1. The normalized spacial score (nSPS) is 22.2. The lowest BCUT2D eigenvalue weighted by atomic mass is 9.75. The molecule has 1 aromatic rings. The monoisotopic (exact) mass is 280 g/mol. The van der Waals surface area contributed by atoms with Crippen LogP contribution in [0.5, 0.6) is 0 Å². The van der Waals surface area contributed by atoms with E-state index in [1.807, 2.05) is 11.8 Å². The average molecular weight is 280 g/mol. The lowest BCUT2D eigenvalue weighted by molar-refractivity contribution is 0.232. The Bertz CT molecular complexity index is 426. The highest BCUT2D eigenvalue weighted by Crippen LogP contribution is 2.41. The molecule has 5 nitrogen and oxygen atoms in total. The van der Waals surface area contributed by atoms with Crippen LogP contribution in [0, 0.1) is 5.41 Å². The zero-order chi connectivity index (χ0) is 13.0. The number of amidine groups is 1. The largest absolute Gasteiger partial charge is 0.364 e. The number of aromatic nitrogens is 2. The molecule has 1 saturated carbocycles. The van der Waals surface area contributed by atoms with Crippen molar-refractivity contribution in [1.82, 2.24) is 15.5 Å². The van der Waals surface area contributed by atoms with Gasteiger partial charge in [-0.25, -0.2) is 0 Å². The van der Waals surface area contributed by atoms with Crippen LogP contribution in [0.2, 0.25) is 0 Å². The highest BCUT2D eigenvalue weighted by molar-refractivity contribution is 8.13. The highest BCUT2D eigenvalue weighted by atomic mass is 32.2. The minimum Gasteiger partial charge on any atom is -0.364 e. The average Bonchev–Trinajstić information content (AvgIpc) is 2.96. The van der Waals surface area contributed by atoms with Crippen molar-refractivity contribution in [3.8, 4) is 0 Å². The molecule has 6 heteroatoms. The summed E-state index contributed by atoms with van der Waals surface area (Å²) in [5, 5.41) is 8.25. The molecule has 0 aromatic carbocycles. The number of nitrogens with one attached hydrogen (secondary N) is 1. The van der Waals surface area contributed by atoms with E-state index in [0.29, 0.717) is 5.41 Å². The molecule has 0 bridgehead atoms. The van der Waals surface area contributed by atoms with E-state index in [0.717, 1.165) is 30.5 Å². The Morgan fingerprint density at radius 1 is 1.32 bits per heavy atom. The molecule has 0 amide bonds. The first-order valence-electron chi connectivity index (χ1n) is 7.03. The zero-order valence-corrected chi connectivity index (χ0v) is 11.9. The predicted molar refractivity (Wildman–Crippen MR) is 76.3 cm³/mol. The van der Waals surface area contributed by atoms with Gasteiger partial charge in [0.05, 0.1) is 0 Å². The molecule has 1 aliphatic carbocycles. The molecular formula is C13H20N4OS. The van der Waals surface area contributed by atoms with Crippen molar-refractivity contribution in [3.05, 3.63) is 12.2 Å². The Morgan fingerprint density at radius 3 is 2.89 bits per heavy atom. The third-order valence-corrected chi connectivity index (χ3v) is 5.32. The van der Waals surface area contributed by atoms with E-state index in [2.05, 4.69) is 15.5 Å². The maximum absolute atomic E-state index is 4.73. The molecule has 104 valence electrons. The lowest BCUT2D eigenvalue weighted by Crippen LogP contribution is -2.37. The van der Waals surface area contributed by atoms with Gasteiger partial charge in [-0.15, -0.1) is 0 Å². The van der Waals surface area contributed by atoms with Crippen molar-refractivity contribution in [3.63, 3.8) is 0 Å². The van der Waals surface area contributed by atoms with Crippen LogP contribution in [-0.4, -0.2) is 34.2 Å². The fourth-order valence-corrected chi connectivity index (χ4v) is 4.03. The SMILES string of the molecule is c1nc(CCNC2=NCC3(CCCCC3)CS2)no1. The summed E-state index contributed by atoms with van der Waals surface area (Å²) in [7, 11) is 0. The summed E-state index contributed by atoms with van der Waals surface area (Å²) >= 11 is 1.88. The van der Waals surface area contributed by atoms with Crippen LogP contribution in [0.25, 0.3) is 0 Å². The van der Waals surface area contributed by atoms with Gasteiger partial charge >= 0.3 is 0 Å². The predicted octanol–water partition coefficient (Wildman–Crippen LogP) is 2.25. The molecule has 0 atom stereocenters. The van der Waals surface area contributed by atoms with Gasteiger partial charge in [-0.1, -0.05) is 36.2 Å². The summed E-state index contributed by atoms with van der Waals surface area (Å²) in [6, 6.07) is 0. The van der Waals surface area contributed by atoms with Crippen LogP contribution in [0.1, 0.15) is 37.9 Å². The number of thioether (sulfide) groups is 1. The molecule has 19 heavy (non-hydrogen) atoms. The van der Waals surface area contributed by atoms with Crippen LogP contribution in [-0.2, 0) is 6.42 Å². The third kappa shape index (κ3) is 3.29. The molecule has 0 saturated heterocycles. The summed E-state index contributed by atoms with van der Waals surface area (Å²) in [6.45, 7) is 1.82. The molecule has 1 N–H and O–H groups in total. The van der Waals surface area contributed by atoms with Gasteiger partial charge in [-0.3, -0.25) is 4.99 Å². The maximum atomic E-state index is 4.73. The second-order valence-corrected chi connectivity index (χ2v) is 6.46. The van der Waals surface area contributed by atoms with Gasteiger partial charge in [0.15, 0.2) is 11.0 Å². The van der Waals surface area contributed by atoms with E-state index in [4.69, 9.17) is 9.52 Å². The fraction of sp³-hybridized carbons (Fsp3) is 0.769. The maximum Gasteiger partial charge on any atom is 0.213 e. The topological polar surface area (TPSA) is 63.3 Å². The van der Waals surface area contributed by atoms with E-state index in [1.165, 1.54) is 44.3 Å². The second-order valence-electron chi connectivity index (χ2n) is 5.49. The van der Waals surface area contributed by atoms with Crippen LogP contribution in [0.3, 0.4) is 0 Å². The molecular weight excluding hydrogens is 260 g/mol. The van der Waals surface area contributed by atoms with Crippen LogP contribution >= 0.6 is 11.8 Å². The molecule has 0 radical (unpaired) electrons. The van der Waals surface area contributed by atoms with Gasteiger partial charge in [-0.2, -0.15) is 4.98 Å². The Balaban J connectivity index is 1.45. The first-order chi connectivity index (χ1) is 9.36. The van der Waals surface area contributed by atoms with E-state index in [1.54, 1.807) is 0 Å². The molecule has 3 rings (SSSR count). The number of aliphatic imine (C=N–C) groups is 1. The summed E-state index contributed by atoms with van der Waals surface area (Å²) < 4.78 is 4.71. The van der Waals surface area contributed by atoms with E-state index < -0.39 is 0 Å². The van der Waals surface area contributed by atoms with Crippen molar-refractivity contribution in [1.29, 1.82) is 0 Å². The smallest absolute Gasteiger partial charge is 0.213 e. The van der Waals surface area contributed by atoms with Crippen molar-refractivity contribution in [2.45, 2.75) is 38.5 Å². The van der Waals surface area contributed by atoms with E-state index in [-0.39, 0.29) is 0 Å². The summed E-state index contributed by atoms with van der Waals surface area (Å²) in [5.74, 6) is 1.97. The van der Waals surface area contributed by atoms with Crippen molar-refractivity contribution >= 4 is 16.9 Å². The summed E-state index contributed by atoms with van der Waals surface area (Å²) in [4.78, 5) is 8.73. The van der Waals surface area contributed by atoms with Gasteiger partial charge < -0.3 is 9.84 Å². The molecule has 2 aliphatic rings. The quantitative estimate of drug-likeness (QED) is 0.920. The molecule has 1 aliphatic heterocycles. The molecule has 2 heterocycles. The van der Waals surface area contributed by atoms with E-state index in [9.17, 15) is 0 Å². The summed E-state index contributed by atoms with van der Waals surface area (Å²) in [6.07, 6.45) is 9.05. The lowest BCUT2D eigenvalue weighted by Gasteiger charge is -2.38. The molecule has 1 aromatic heterocycles. The Hall–Kier alpha value is -1.04. The Labute approximate surface area is 117 Å². The van der Waals surface area contributed by atoms with Crippen molar-refractivity contribution in [2.24, 2.45) is 10.4 Å². The van der Waals surface area contributed by atoms with Crippen molar-refractivity contribution in [2.75, 3.05) is 18.8 Å². The first kappa shape index (κ1) is 13.0.